The third-order valence-corrected chi connectivity index (χ3v) is 6.25. The Hall–Kier alpha value is -6.10. The molecule has 0 aliphatic heterocycles. The number of methoxy groups -OCH3 is 1. The summed E-state index contributed by atoms with van der Waals surface area (Å²) in [5, 5.41) is 32.2. The van der Waals surface area contributed by atoms with E-state index in [4.69, 9.17) is 26.8 Å². The van der Waals surface area contributed by atoms with Gasteiger partial charge in [0.05, 0.1) is 25.5 Å². The topological polar surface area (TPSA) is 286 Å². The Balaban J connectivity index is 0.000000344. The Morgan fingerprint density at radius 1 is 1.02 bits per heavy atom. The van der Waals surface area contributed by atoms with E-state index in [0.29, 0.717) is 17.8 Å². The average molecular weight is 637 g/mol. The number of amides is 1. The van der Waals surface area contributed by atoms with Gasteiger partial charge in [0.25, 0.3) is 11.5 Å². The van der Waals surface area contributed by atoms with Crippen molar-refractivity contribution in [1.82, 2.24) is 25.3 Å². The molecule has 1 amide bonds. The number of aromatic amines is 1. The first-order valence-corrected chi connectivity index (χ1v) is 13.6. The molecule has 0 bridgehead atoms. The maximum atomic E-state index is 12.3. The number of aliphatic carboxylic acids is 2. The molecule has 46 heavy (non-hydrogen) atoms. The normalized spacial score (nSPS) is 11.8. The number of phenolic OH excluding ortho intramolecular Hbond substituents is 1. The number of ether oxygens (including phenoxy) is 1. The second-order valence-corrected chi connectivity index (χ2v) is 9.71. The quantitative estimate of drug-likeness (QED) is 0.0976. The zero-order chi connectivity index (χ0) is 33.8. The summed E-state index contributed by atoms with van der Waals surface area (Å²) in [7, 11) is 1.30. The summed E-state index contributed by atoms with van der Waals surface area (Å²) in [5.74, 6) is -3.39. The lowest BCUT2D eigenvalue weighted by molar-refractivity contribution is -0.142. The van der Waals surface area contributed by atoms with Crippen LogP contribution in [0.15, 0.2) is 59.5 Å². The van der Waals surface area contributed by atoms with Crippen molar-refractivity contribution in [2.45, 2.75) is 37.9 Å². The highest BCUT2D eigenvalue weighted by Crippen LogP contribution is 2.13. The fraction of sp³-hybridized carbons (Fsp3) is 0.241. The van der Waals surface area contributed by atoms with E-state index in [1.165, 1.54) is 25.4 Å². The number of benzene rings is 2. The molecule has 0 aliphatic carbocycles. The fourth-order valence-electron chi connectivity index (χ4n) is 3.88. The number of fused-ring (bicyclic) bond motifs is 1. The molecule has 17 heteroatoms. The number of rotatable bonds is 12. The van der Waals surface area contributed by atoms with Gasteiger partial charge >= 0.3 is 17.9 Å². The molecule has 1 unspecified atom stereocenters. The Morgan fingerprint density at radius 3 is 2.30 bits per heavy atom. The third kappa shape index (κ3) is 10.3. The van der Waals surface area contributed by atoms with Gasteiger partial charge in [-0.3, -0.25) is 24.2 Å². The summed E-state index contributed by atoms with van der Waals surface area (Å²) in [6.45, 7) is 0.231. The number of nitrogens with zero attached hydrogens (tertiary/aromatic N) is 3. The number of carbonyl (C=O) groups is 4. The van der Waals surface area contributed by atoms with Crippen LogP contribution in [0.4, 0.5) is 11.6 Å². The van der Waals surface area contributed by atoms with Crippen LogP contribution in [0.3, 0.4) is 0 Å². The molecular formula is C29H32N8O9. The van der Waals surface area contributed by atoms with Gasteiger partial charge in [0.15, 0.2) is 11.2 Å². The number of carboxylic acids is 2. The van der Waals surface area contributed by atoms with E-state index in [1.54, 1.807) is 36.4 Å². The summed E-state index contributed by atoms with van der Waals surface area (Å²) >= 11 is 0. The molecule has 4 rings (SSSR count). The molecule has 10 N–H and O–H groups in total. The van der Waals surface area contributed by atoms with E-state index in [9.17, 15) is 24.0 Å². The van der Waals surface area contributed by atoms with Gasteiger partial charge in [-0.2, -0.15) is 4.98 Å². The van der Waals surface area contributed by atoms with Crippen LogP contribution in [0.1, 0.15) is 34.5 Å². The van der Waals surface area contributed by atoms with E-state index < -0.39 is 41.5 Å². The van der Waals surface area contributed by atoms with Crippen molar-refractivity contribution in [3.8, 4) is 5.75 Å². The van der Waals surface area contributed by atoms with Crippen LogP contribution in [0, 0.1) is 0 Å². The molecule has 0 radical (unpaired) electrons. The van der Waals surface area contributed by atoms with E-state index >= 15 is 0 Å². The van der Waals surface area contributed by atoms with E-state index in [2.05, 4.69) is 35.3 Å². The largest absolute Gasteiger partial charge is 0.508 e. The van der Waals surface area contributed by atoms with Gasteiger partial charge in [-0.05, 0) is 54.8 Å². The van der Waals surface area contributed by atoms with Crippen LogP contribution in [0.5, 0.6) is 5.75 Å². The lowest BCUT2D eigenvalue weighted by atomic mass is 10.1. The number of anilines is 2. The number of hydrogen-bond acceptors (Lipinski definition) is 13. The van der Waals surface area contributed by atoms with Gasteiger partial charge in [0.2, 0.25) is 5.95 Å². The van der Waals surface area contributed by atoms with Gasteiger partial charge in [0.1, 0.15) is 17.8 Å². The van der Waals surface area contributed by atoms with E-state index in [0.717, 1.165) is 5.56 Å². The molecule has 242 valence electrons. The van der Waals surface area contributed by atoms with Gasteiger partial charge in [-0.15, -0.1) is 0 Å². The molecule has 0 saturated carbocycles. The number of aromatic hydroxyl groups is 1. The molecule has 2 aromatic carbocycles. The zero-order valence-electron chi connectivity index (χ0n) is 24.5. The highest BCUT2D eigenvalue weighted by atomic mass is 16.5. The first kappa shape index (κ1) is 34.4. The molecule has 2 aromatic heterocycles. The van der Waals surface area contributed by atoms with Crippen molar-refractivity contribution in [2.75, 3.05) is 18.2 Å². The average Bonchev–Trinajstić information content (AvgIpc) is 3.03. The molecular weight excluding hydrogens is 604 g/mol. The first-order valence-electron chi connectivity index (χ1n) is 13.6. The predicted molar refractivity (Wildman–Crippen MR) is 164 cm³/mol. The number of phenols is 1. The smallest absolute Gasteiger partial charge is 0.326 e. The van der Waals surface area contributed by atoms with Crippen LogP contribution >= 0.6 is 0 Å². The SMILES string of the molecule is COC(=O)C(N)Cc1ccc(O)cc1.Nc1nc2ncc(CNc3ccc(C(=O)N[C@@H](CCC(=O)O)C(=O)O)cc3)nc2c(=O)[nH]1. The predicted octanol–water partition coefficient (Wildman–Crippen LogP) is 0.390. The minimum absolute atomic E-state index is 0.0524. The second kappa shape index (κ2) is 16.1. The maximum Gasteiger partial charge on any atom is 0.326 e. The number of hydrogen-bond donors (Lipinski definition) is 8. The number of nitrogen functional groups attached to an aromatic ring is 1. The minimum atomic E-state index is -1.31. The molecule has 0 saturated heterocycles. The van der Waals surface area contributed by atoms with E-state index in [-0.39, 0.29) is 47.8 Å². The zero-order valence-corrected chi connectivity index (χ0v) is 24.5. The van der Waals surface area contributed by atoms with Crippen LogP contribution in [-0.2, 0) is 32.1 Å². The molecule has 17 nitrogen and oxygen atoms in total. The van der Waals surface area contributed by atoms with Crippen LogP contribution in [0.25, 0.3) is 11.2 Å². The Labute approximate surface area is 260 Å². The van der Waals surface area contributed by atoms with E-state index in [1.807, 2.05) is 0 Å². The van der Waals surface area contributed by atoms with Crippen LogP contribution < -0.4 is 27.7 Å². The maximum absolute atomic E-state index is 12.3. The van der Waals surface area contributed by atoms with Gasteiger partial charge in [0, 0.05) is 17.7 Å². The number of H-pyrrole nitrogens is 1. The number of nitrogens with one attached hydrogen (secondary N) is 3. The second-order valence-electron chi connectivity index (χ2n) is 9.71. The molecule has 0 fully saturated rings. The summed E-state index contributed by atoms with van der Waals surface area (Å²) in [6, 6.07) is 10.8. The van der Waals surface area contributed by atoms with Gasteiger partial charge in [-0.25, -0.2) is 14.8 Å². The number of carboxylic acid groups (broad SMARTS) is 2. The molecule has 2 heterocycles. The van der Waals surface area contributed by atoms with Crippen molar-refractivity contribution in [3.05, 3.63) is 81.9 Å². The summed E-state index contributed by atoms with van der Waals surface area (Å²) < 4.78 is 4.49. The van der Waals surface area contributed by atoms with Gasteiger partial charge in [-0.1, -0.05) is 12.1 Å². The highest BCUT2D eigenvalue weighted by molar-refractivity contribution is 5.97. The standard InChI is InChI=1S/C19H19N7O6.C10H13NO3/c20-19-25-15-14(17(30)26-19)23-11(8-22-15)7-21-10-3-1-9(2-4-10)16(29)24-12(18(31)32)5-6-13(27)28;1-14-10(13)9(11)6-7-2-4-8(12)5-3-7/h1-4,8,12,21H,5-7H2,(H,24,29)(H,27,28)(H,31,32)(H3,20,22,25,26,30);2-5,9,12H,6,11H2,1H3/t12-;/m0./s1. The molecule has 2 atom stereocenters. The lowest BCUT2D eigenvalue weighted by Gasteiger charge is -2.14. The summed E-state index contributed by atoms with van der Waals surface area (Å²) in [4.78, 5) is 71.5. The fourth-order valence-corrected chi connectivity index (χ4v) is 3.88. The van der Waals surface area contributed by atoms with Crippen molar-refractivity contribution in [2.24, 2.45) is 5.73 Å². The Kier molecular flexibility index (Phi) is 12.0. The highest BCUT2D eigenvalue weighted by Gasteiger charge is 2.21. The minimum Gasteiger partial charge on any atom is -0.508 e. The lowest BCUT2D eigenvalue weighted by Crippen LogP contribution is -2.41. The van der Waals surface area contributed by atoms with Gasteiger partial charge < -0.3 is 42.2 Å². The number of aromatic nitrogens is 4. The molecule has 0 spiro atoms. The van der Waals surface area contributed by atoms with Crippen molar-refractivity contribution < 1.29 is 39.2 Å². The number of carbonyl (C=O) groups excluding carboxylic acids is 2. The van der Waals surface area contributed by atoms with Crippen LogP contribution in [0.2, 0.25) is 0 Å². The van der Waals surface area contributed by atoms with Crippen molar-refractivity contribution >= 4 is 46.6 Å². The Bertz CT molecular complexity index is 1740. The van der Waals surface area contributed by atoms with Crippen molar-refractivity contribution in [3.63, 3.8) is 0 Å². The summed E-state index contributed by atoms with van der Waals surface area (Å²) in [6.07, 6.45) is 1.25. The first-order chi connectivity index (χ1) is 21.9. The summed E-state index contributed by atoms with van der Waals surface area (Å²) in [5.41, 5.74) is 12.9. The molecule has 4 aromatic rings. The third-order valence-electron chi connectivity index (χ3n) is 6.25. The number of nitrogens with two attached hydrogens (primary N) is 2. The Morgan fingerprint density at radius 2 is 1.70 bits per heavy atom. The number of esters is 1. The molecule has 0 aliphatic rings. The monoisotopic (exact) mass is 636 g/mol. The van der Waals surface area contributed by atoms with Crippen molar-refractivity contribution in [1.29, 1.82) is 0 Å². The van der Waals surface area contributed by atoms with Crippen LogP contribution in [-0.4, -0.2) is 78.3 Å².